The van der Waals surface area contributed by atoms with Crippen LogP contribution in [-0.4, -0.2) is 45.4 Å². The number of rotatable bonds is 8. The first-order chi connectivity index (χ1) is 22.7. The molecule has 5 aromatic rings. The van der Waals surface area contributed by atoms with E-state index in [0.29, 0.717) is 68.9 Å². The molecule has 0 aliphatic heterocycles. The number of nitrogens with zero attached hydrogens (tertiary/aromatic N) is 3. The van der Waals surface area contributed by atoms with Crippen molar-refractivity contribution >= 4 is 28.4 Å². The van der Waals surface area contributed by atoms with Gasteiger partial charge < -0.3 is 10.6 Å². The normalized spacial score (nSPS) is 14.2. The van der Waals surface area contributed by atoms with Crippen LogP contribution in [0.4, 0.5) is 18.9 Å². The number of aromatic nitrogens is 2. The van der Waals surface area contributed by atoms with Crippen molar-refractivity contribution in [1.29, 1.82) is 0 Å². The number of fused-ring (bicyclic) bond motifs is 4. The second kappa shape index (κ2) is 12.3. The standard InChI is InChI=1S/C39H39F3N4O2/c1-6-7-21-45(22-39(40,41)42)37(48)33-25-14-9-8-13-24(25)26-19-20-28(36(47)27-15-10-11-16-29(27)38(3,4)5)35(32(26)33)46-23(2)44-34-30(43)17-12-18-31(34)46/h8-20,33H,6-7,21-22,43H2,1-5H3. The Balaban J connectivity index is 1.70. The zero-order valence-corrected chi connectivity index (χ0v) is 27.8. The zero-order valence-electron chi connectivity index (χ0n) is 27.8. The molecule has 1 aliphatic carbocycles. The molecule has 4 aromatic carbocycles. The highest BCUT2D eigenvalue weighted by Crippen LogP contribution is 2.50. The van der Waals surface area contributed by atoms with E-state index in [4.69, 9.17) is 10.7 Å². The van der Waals surface area contributed by atoms with Crippen LogP contribution in [-0.2, 0) is 10.2 Å². The molecule has 2 N–H and O–H groups in total. The van der Waals surface area contributed by atoms with E-state index in [2.05, 4.69) is 0 Å². The summed E-state index contributed by atoms with van der Waals surface area (Å²) in [6, 6.07) is 23.7. The summed E-state index contributed by atoms with van der Waals surface area (Å²) in [5.74, 6) is -1.48. The highest BCUT2D eigenvalue weighted by molar-refractivity contribution is 6.14. The first-order valence-corrected chi connectivity index (χ1v) is 16.2. The number of benzene rings is 4. The summed E-state index contributed by atoms with van der Waals surface area (Å²) in [5.41, 5.74) is 12.2. The molecule has 1 unspecified atom stereocenters. The molecule has 1 aromatic heterocycles. The van der Waals surface area contributed by atoms with E-state index < -0.39 is 24.5 Å². The molecule has 1 heterocycles. The average molecular weight is 653 g/mol. The van der Waals surface area contributed by atoms with E-state index in [0.717, 1.165) is 16.0 Å². The van der Waals surface area contributed by atoms with Crippen LogP contribution >= 0.6 is 0 Å². The van der Waals surface area contributed by atoms with Crippen molar-refractivity contribution in [2.45, 2.75) is 65.0 Å². The van der Waals surface area contributed by atoms with E-state index in [1.807, 2.05) is 74.7 Å². The Hall–Kier alpha value is -4.92. The van der Waals surface area contributed by atoms with Crippen molar-refractivity contribution in [3.05, 3.63) is 113 Å². The second-order valence-electron chi connectivity index (χ2n) is 13.5. The maximum Gasteiger partial charge on any atom is 0.406 e. The van der Waals surface area contributed by atoms with Gasteiger partial charge in [0.1, 0.15) is 17.9 Å². The number of unbranched alkanes of at least 4 members (excludes halogenated alkanes) is 1. The maximum absolute atomic E-state index is 14.9. The number of nitrogen functional groups attached to an aromatic ring is 1. The molecule has 0 fully saturated rings. The third-order valence-electron chi connectivity index (χ3n) is 9.11. The van der Waals surface area contributed by atoms with Crippen molar-refractivity contribution in [1.82, 2.24) is 14.5 Å². The van der Waals surface area contributed by atoms with Gasteiger partial charge in [0, 0.05) is 23.2 Å². The van der Waals surface area contributed by atoms with Crippen molar-refractivity contribution < 1.29 is 22.8 Å². The number of aryl methyl sites for hydroxylation is 1. The van der Waals surface area contributed by atoms with Gasteiger partial charge in [-0.05, 0) is 59.2 Å². The molecule has 248 valence electrons. The Labute approximate surface area is 278 Å². The summed E-state index contributed by atoms with van der Waals surface area (Å²) in [6.07, 6.45) is -3.54. The number of carbonyl (C=O) groups is 2. The number of para-hydroxylation sites is 1. The Morgan fingerprint density at radius 2 is 1.60 bits per heavy atom. The van der Waals surface area contributed by atoms with Gasteiger partial charge in [0.05, 0.1) is 22.8 Å². The van der Waals surface area contributed by atoms with Gasteiger partial charge in [-0.25, -0.2) is 4.98 Å². The third-order valence-corrected chi connectivity index (χ3v) is 9.11. The largest absolute Gasteiger partial charge is 0.406 e. The van der Waals surface area contributed by atoms with Gasteiger partial charge in [-0.15, -0.1) is 0 Å². The highest BCUT2D eigenvalue weighted by atomic mass is 19.4. The average Bonchev–Trinajstić information content (AvgIpc) is 3.56. The SMILES string of the molecule is CCCCN(CC(F)(F)F)C(=O)C1c2ccccc2-c2ccc(C(=O)c3ccccc3C(C)(C)C)c(-n3c(C)nc4c(N)cccc43)c21. The highest BCUT2D eigenvalue weighted by Gasteiger charge is 2.43. The summed E-state index contributed by atoms with van der Waals surface area (Å²) < 4.78 is 43.7. The zero-order chi connectivity index (χ0) is 34.5. The van der Waals surface area contributed by atoms with E-state index in [-0.39, 0.29) is 17.7 Å². The molecule has 0 radical (unpaired) electrons. The molecule has 6 rings (SSSR count). The van der Waals surface area contributed by atoms with Crippen LogP contribution in [0.1, 0.15) is 84.9 Å². The van der Waals surface area contributed by atoms with E-state index >= 15 is 0 Å². The predicted molar refractivity (Wildman–Crippen MR) is 184 cm³/mol. The first kappa shape index (κ1) is 33.0. The maximum atomic E-state index is 14.9. The minimum Gasteiger partial charge on any atom is -0.397 e. The fourth-order valence-electron chi connectivity index (χ4n) is 6.98. The topological polar surface area (TPSA) is 81.2 Å². The number of ketones is 1. The Morgan fingerprint density at radius 3 is 2.31 bits per heavy atom. The smallest absolute Gasteiger partial charge is 0.397 e. The van der Waals surface area contributed by atoms with E-state index in [1.165, 1.54) is 0 Å². The molecule has 48 heavy (non-hydrogen) atoms. The Kier molecular flexibility index (Phi) is 8.43. The summed E-state index contributed by atoms with van der Waals surface area (Å²) >= 11 is 0. The van der Waals surface area contributed by atoms with Crippen LogP contribution in [0.5, 0.6) is 0 Å². The number of imidazole rings is 1. The van der Waals surface area contributed by atoms with Crippen LogP contribution in [0.2, 0.25) is 0 Å². The summed E-state index contributed by atoms with van der Waals surface area (Å²) in [4.78, 5) is 35.2. The van der Waals surface area contributed by atoms with Gasteiger partial charge >= 0.3 is 6.18 Å². The number of hydrogen-bond donors (Lipinski definition) is 1. The molecule has 1 atom stereocenters. The summed E-state index contributed by atoms with van der Waals surface area (Å²) in [6.45, 7) is 8.38. The number of nitrogens with two attached hydrogens (primary N) is 1. The lowest BCUT2D eigenvalue weighted by Gasteiger charge is -2.29. The van der Waals surface area contributed by atoms with Gasteiger partial charge in [-0.1, -0.05) is 94.8 Å². The lowest BCUT2D eigenvalue weighted by atomic mass is 9.81. The number of anilines is 1. The number of hydrogen-bond acceptors (Lipinski definition) is 4. The predicted octanol–water partition coefficient (Wildman–Crippen LogP) is 8.75. The van der Waals surface area contributed by atoms with Crippen molar-refractivity contribution in [2.75, 3.05) is 18.8 Å². The molecule has 1 amide bonds. The molecular weight excluding hydrogens is 613 g/mol. The van der Waals surface area contributed by atoms with Crippen LogP contribution in [0.3, 0.4) is 0 Å². The molecule has 0 bridgehead atoms. The number of halogens is 3. The fourth-order valence-corrected chi connectivity index (χ4v) is 6.98. The molecule has 6 nitrogen and oxygen atoms in total. The fraction of sp³-hybridized carbons (Fsp3) is 0.308. The van der Waals surface area contributed by atoms with Gasteiger partial charge in [-0.2, -0.15) is 13.2 Å². The van der Waals surface area contributed by atoms with Crippen molar-refractivity contribution in [3.63, 3.8) is 0 Å². The van der Waals surface area contributed by atoms with Crippen molar-refractivity contribution in [3.8, 4) is 16.8 Å². The van der Waals surface area contributed by atoms with E-state index in [1.54, 1.807) is 43.3 Å². The molecule has 0 saturated heterocycles. The summed E-state index contributed by atoms with van der Waals surface area (Å²) in [5, 5.41) is 0. The van der Waals surface area contributed by atoms with Crippen LogP contribution in [0, 0.1) is 6.92 Å². The number of carbonyl (C=O) groups excluding carboxylic acids is 2. The quantitative estimate of drug-likeness (QED) is 0.134. The second-order valence-corrected chi connectivity index (χ2v) is 13.5. The molecule has 0 saturated carbocycles. The third kappa shape index (κ3) is 5.76. The van der Waals surface area contributed by atoms with Gasteiger partial charge in [0.2, 0.25) is 5.91 Å². The Morgan fingerprint density at radius 1 is 0.896 bits per heavy atom. The van der Waals surface area contributed by atoms with Crippen LogP contribution < -0.4 is 5.73 Å². The number of amides is 1. The van der Waals surface area contributed by atoms with Gasteiger partial charge in [0.15, 0.2) is 5.78 Å². The van der Waals surface area contributed by atoms with E-state index in [9.17, 15) is 22.8 Å². The van der Waals surface area contributed by atoms with Crippen LogP contribution in [0.15, 0.2) is 78.9 Å². The lowest BCUT2D eigenvalue weighted by Crippen LogP contribution is -2.42. The minimum atomic E-state index is -4.59. The van der Waals surface area contributed by atoms with Crippen LogP contribution in [0.25, 0.3) is 27.8 Å². The molecule has 9 heteroatoms. The van der Waals surface area contributed by atoms with Crippen molar-refractivity contribution in [2.24, 2.45) is 0 Å². The Bertz CT molecular complexity index is 2060. The summed E-state index contributed by atoms with van der Waals surface area (Å²) in [7, 11) is 0. The molecular formula is C39H39F3N4O2. The minimum absolute atomic E-state index is 0.0423. The molecule has 0 spiro atoms. The molecule has 1 aliphatic rings. The monoisotopic (exact) mass is 652 g/mol. The number of alkyl halides is 3. The first-order valence-electron chi connectivity index (χ1n) is 16.2. The van der Waals surface area contributed by atoms with Gasteiger partial charge in [0.25, 0.3) is 0 Å². The van der Waals surface area contributed by atoms with Gasteiger partial charge in [-0.3, -0.25) is 14.2 Å². The lowest BCUT2D eigenvalue weighted by molar-refractivity contribution is -0.161.